The van der Waals surface area contributed by atoms with Crippen LogP contribution in [0.3, 0.4) is 0 Å². The van der Waals surface area contributed by atoms with Crippen LogP contribution in [0.5, 0.6) is 5.75 Å². The number of benzene rings is 2. The molecule has 0 atom stereocenters. The fourth-order valence-electron chi connectivity index (χ4n) is 6.47. The van der Waals surface area contributed by atoms with Crippen LogP contribution < -0.4 is 9.64 Å². The van der Waals surface area contributed by atoms with Crippen molar-refractivity contribution in [1.29, 1.82) is 0 Å². The van der Waals surface area contributed by atoms with Crippen molar-refractivity contribution in [2.24, 2.45) is 0 Å². The molecule has 12 heteroatoms. The quantitative estimate of drug-likeness (QED) is 0.276. The van der Waals surface area contributed by atoms with Crippen molar-refractivity contribution in [1.82, 2.24) is 19.8 Å². The Bertz CT molecular complexity index is 1940. The number of pyridine rings is 1. The van der Waals surface area contributed by atoms with Crippen LogP contribution in [-0.4, -0.2) is 81.2 Å². The van der Waals surface area contributed by atoms with Gasteiger partial charge in [-0.05, 0) is 85.4 Å². The molecule has 3 aliphatic rings. The van der Waals surface area contributed by atoms with Crippen molar-refractivity contribution < 1.29 is 33.3 Å². The highest BCUT2D eigenvalue weighted by molar-refractivity contribution is 6.09. The van der Waals surface area contributed by atoms with E-state index in [1.165, 1.54) is 30.9 Å². The summed E-state index contributed by atoms with van der Waals surface area (Å²) in [6.07, 6.45) is 5.31. The van der Waals surface area contributed by atoms with E-state index in [4.69, 9.17) is 4.74 Å². The second kappa shape index (κ2) is 11.8. The van der Waals surface area contributed by atoms with Gasteiger partial charge >= 0.3 is 6.03 Å². The number of aromatic amines is 1. The number of carbonyl (C=O) groups is 2. The number of nitrogens with one attached hydrogen (secondary N) is 1. The molecule has 5 heterocycles. The molecule has 4 aromatic rings. The molecule has 7 rings (SSSR count). The fraction of sp³-hybridized carbons (Fsp3) is 0.343. The smallest absolute Gasteiger partial charge is 0.320 e. The lowest BCUT2D eigenvalue weighted by atomic mass is 9.94. The lowest BCUT2D eigenvalue weighted by Crippen LogP contribution is -2.50. The standard InChI is InChI=1S/C35H35F2N5O5/c1-35(2,46)21-14-27(37)31-30(15-21)47-13-12-42(33(31)44)29-17-22(36)16-24(26(29)19-43)23-4-7-38-32-25(23)18-28(39-32)20-5-10-41(11-6-20)34(45)40-8-3-9-40/h4-5,7,14-18,43,46H,3,6,8-13,19H2,1-2H3,(H,38,39). The van der Waals surface area contributed by atoms with Gasteiger partial charge in [0.1, 0.15) is 35.2 Å². The number of hydrogen-bond donors (Lipinski definition) is 3. The summed E-state index contributed by atoms with van der Waals surface area (Å²) in [5.74, 6) is -2.29. The van der Waals surface area contributed by atoms with E-state index in [0.29, 0.717) is 41.7 Å². The highest BCUT2D eigenvalue weighted by atomic mass is 19.1. The Kier molecular flexibility index (Phi) is 7.72. The number of halogens is 2. The zero-order chi connectivity index (χ0) is 33.0. The predicted octanol–water partition coefficient (Wildman–Crippen LogP) is 5.18. The van der Waals surface area contributed by atoms with Crippen LogP contribution >= 0.6 is 0 Å². The Morgan fingerprint density at radius 2 is 1.87 bits per heavy atom. The van der Waals surface area contributed by atoms with E-state index in [0.717, 1.165) is 42.9 Å². The third kappa shape index (κ3) is 5.51. The summed E-state index contributed by atoms with van der Waals surface area (Å²) in [5, 5.41) is 21.8. The maximum Gasteiger partial charge on any atom is 0.320 e. The van der Waals surface area contributed by atoms with Gasteiger partial charge in [0, 0.05) is 49.0 Å². The van der Waals surface area contributed by atoms with Crippen molar-refractivity contribution in [3.05, 3.63) is 82.7 Å². The van der Waals surface area contributed by atoms with Gasteiger partial charge in [-0.3, -0.25) is 4.79 Å². The van der Waals surface area contributed by atoms with Crippen molar-refractivity contribution in [2.45, 2.75) is 38.9 Å². The second-order valence-corrected chi connectivity index (χ2v) is 12.7. The van der Waals surface area contributed by atoms with Gasteiger partial charge in [0.15, 0.2) is 0 Å². The molecule has 1 saturated heterocycles. The second-order valence-electron chi connectivity index (χ2n) is 12.7. The Labute approximate surface area is 269 Å². The van der Waals surface area contributed by atoms with Gasteiger partial charge in [-0.15, -0.1) is 0 Å². The lowest BCUT2D eigenvalue weighted by Gasteiger charge is -2.37. The largest absolute Gasteiger partial charge is 0.491 e. The van der Waals surface area contributed by atoms with E-state index in [2.05, 4.69) is 9.97 Å². The SMILES string of the molecule is CC(C)(O)c1cc(F)c2c(c1)OCCN(c1cc(F)cc(-c3ccnc4[nH]c(C5=CCN(C(=O)N6CCC6)CC5)cc34)c1CO)C2=O. The number of carbonyl (C=O) groups excluding carboxylic acids is 2. The van der Waals surface area contributed by atoms with Crippen LogP contribution in [0.25, 0.3) is 27.7 Å². The first-order chi connectivity index (χ1) is 22.5. The van der Waals surface area contributed by atoms with Gasteiger partial charge in [0.25, 0.3) is 5.91 Å². The summed E-state index contributed by atoms with van der Waals surface area (Å²) in [6.45, 7) is 5.10. The minimum absolute atomic E-state index is 0.0162. The number of rotatable bonds is 5. The molecule has 0 unspecified atom stereocenters. The fourth-order valence-corrected chi connectivity index (χ4v) is 6.47. The first kappa shape index (κ1) is 30.8. The van der Waals surface area contributed by atoms with Gasteiger partial charge < -0.3 is 34.6 Å². The number of urea groups is 1. The Balaban J connectivity index is 1.25. The molecule has 3 aliphatic heterocycles. The third-order valence-electron chi connectivity index (χ3n) is 9.21. The van der Waals surface area contributed by atoms with Crippen LogP contribution in [0.2, 0.25) is 0 Å². The van der Waals surface area contributed by atoms with E-state index >= 15 is 8.78 Å². The normalized spacial score (nSPS) is 16.9. The maximum absolute atomic E-state index is 15.4. The lowest BCUT2D eigenvalue weighted by molar-refractivity contribution is 0.0777. The van der Waals surface area contributed by atoms with Crippen LogP contribution in [0.1, 0.15) is 53.9 Å². The molecular formula is C35H35F2N5O5. The van der Waals surface area contributed by atoms with Crippen molar-refractivity contribution in [2.75, 3.05) is 44.2 Å². The Hall–Kier alpha value is -4.81. The van der Waals surface area contributed by atoms with Crippen LogP contribution in [0.4, 0.5) is 19.3 Å². The van der Waals surface area contributed by atoms with E-state index < -0.39 is 29.7 Å². The summed E-state index contributed by atoms with van der Waals surface area (Å²) in [7, 11) is 0. The van der Waals surface area contributed by atoms with Crippen LogP contribution in [0.15, 0.2) is 48.7 Å². The van der Waals surface area contributed by atoms with Crippen molar-refractivity contribution in [3.63, 3.8) is 0 Å². The molecule has 3 N–H and O–H groups in total. The Morgan fingerprint density at radius 1 is 1.06 bits per heavy atom. The molecule has 0 spiro atoms. The molecular weight excluding hydrogens is 608 g/mol. The minimum Gasteiger partial charge on any atom is -0.491 e. The highest BCUT2D eigenvalue weighted by Gasteiger charge is 2.33. The summed E-state index contributed by atoms with van der Waals surface area (Å²) >= 11 is 0. The average Bonchev–Trinajstić information content (AvgIpc) is 3.38. The molecule has 2 aromatic heterocycles. The van der Waals surface area contributed by atoms with E-state index in [1.807, 2.05) is 21.9 Å². The van der Waals surface area contributed by atoms with E-state index in [-0.39, 0.29) is 47.3 Å². The number of H-pyrrole nitrogens is 1. The van der Waals surface area contributed by atoms with Gasteiger partial charge in [-0.25, -0.2) is 18.6 Å². The number of aliphatic hydroxyl groups excluding tert-OH is 1. The first-order valence-corrected chi connectivity index (χ1v) is 15.7. The number of aliphatic hydroxyl groups is 2. The van der Waals surface area contributed by atoms with Gasteiger partial charge in [-0.1, -0.05) is 6.08 Å². The maximum atomic E-state index is 15.4. The molecule has 10 nitrogen and oxygen atoms in total. The van der Waals surface area contributed by atoms with Crippen LogP contribution in [-0.2, 0) is 12.2 Å². The predicted molar refractivity (Wildman–Crippen MR) is 172 cm³/mol. The number of aromatic nitrogens is 2. The molecule has 1 fully saturated rings. The minimum atomic E-state index is -1.37. The van der Waals surface area contributed by atoms with Gasteiger partial charge in [-0.2, -0.15) is 0 Å². The summed E-state index contributed by atoms with van der Waals surface area (Å²) in [4.78, 5) is 39.3. The van der Waals surface area contributed by atoms with Gasteiger partial charge in [0.2, 0.25) is 0 Å². The number of nitrogens with zero attached hydrogens (tertiary/aromatic N) is 4. The number of ether oxygens (including phenoxy) is 1. The van der Waals surface area contributed by atoms with Gasteiger partial charge in [0.05, 0.1) is 24.4 Å². The first-order valence-electron chi connectivity index (χ1n) is 15.7. The zero-order valence-electron chi connectivity index (χ0n) is 26.1. The summed E-state index contributed by atoms with van der Waals surface area (Å²) in [6, 6.07) is 8.70. The molecule has 3 amide bonds. The molecule has 0 radical (unpaired) electrons. The number of hydrogen-bond acceptors (Lipinski definition) is 6. The number of amides is 3. The van der Waals surface area contributed by atoms with E-state index in [9.17, 15) is 19.8 Å². The van der Waals surface area contributed by atoms with E-state index in [1.54, 1.807) is 12.3 Å². The van der Waals surface area contributed by atoms with Crippen LogP contribution in [0, 0.1) is 11.6 Å². The molecule has 244 valence electrons. The number of anilines is 1. The van der Waals surface area contributed by atoms with Crippen molar-refractivity contribution in [3.8, 4) is 16.9 Å². The zero-order valence-corrected chi connectivity index (χ0v) is 26.1. The molecule has 0 saturated carbocycles. The monoisotopic (exact) mass is 643 g/mol. The number of likely N-dealkylation sites (tertiary alicyclic amines) is 1. The van der Waals surface area contributed by atoms with Crippen molar-refractivity contribution >= 4 is 34.2 Å². The molecule has 0 aliphatic carbocycles. The highest BCUT2D eigenvalue weighted by Crippen LogP contribution is 2.40. The number of fused-ring (bicyclic) bond motifs is 2. The summed E-state index contributed by atoms with van der Waals surface area (Å²) in [5.41, 5.74) is 2.29. The molecule has 0 bridgehead atoms. The molecule has 47 heavy (non-hydrogen) atoms. The molecule has 2 aromatic carbocycles. The Morgan fingerprint density at radius 3 is 2.55 bits per heavy atom. The topological polar surface area (TPSA) is 122 Å². The third-order valence-corrected chi connectivity index (χ3v) is 9.21. The average molecular weight is 644 g/mol. The summed E-state index contributed by atoms with van der Waals surface area (Å²) < 4.78 is 36.6.